The molecule has 0 spiro atoms. The Bertz CT molecular complexity index is 1130. The van der Waals surface area contributed by atoms with Gasteiger partial charge in [-0.3, -0.25) is 9.30 Å². The molecule has 0 amide bonds. The molecule has 9 heteroatoms. The minimum atomic E-state index is 0.668. The summed E-state index contributed by atoms with van der Waals surface area (Å²) in [6.45, 7) is 6.66. The molecule has 0 saturated heterocycles. The minimum Gasteiger partial charge on any atom is -0.393 e. The molecule has 8 nitrogen and oxygen atoms in total. The maximum atomic E-state index is 5.28. The van der Waals surface area contributed by atoms with Gasteiger partial charge in [0.15, 0.2) is 11.5 Å². The van der Waals surface area contributed by atoms with Gasteiger partial charge in [-0.1, -0.05) is 19.1 Å². The van der Waals surface area contributed by atoms with E-state index >= 15 is 0 Å². The van der Waals surface area contributed by atoms with E-state index < -0.39 is 0 Å². The minimum absolute atomic E-state index is 0.668. The number of anilines is 2. The lowest BCUT2D eigenvalue weighted by Gasteiger charge is -2.20. The van der Waals surface area contributed by atoms with Crippen molar-refractivity contribution in [2.24, 2.45) is 0 Å². The van der Waals surface area contributed by atoms with Crippen LogP contribution < -0.4 is 10.6 Å². The Labute approximate surface area is 199 Å². The van der Waals surface area contributed by atoms with E-state index in [1.807, 2.05) is 32.6 Å². The summed E-state index contributed by atoms with van der Waals surface area (Å²) in [7, 11) is 3.66. The first-order valence-electron chi connectivity index (χ1n) is 11.5. The molecular weight excluding hydrogens is 434 g/mol. The van der Waals surface area contributed by atoms with Crippen molar-refractivity contribution in [2.45, 2.75) is 45.7 Å². The molecule has 3 aromatic heterocycles. The molecule has 3 aromatic rings. The van der Waals surface area contributed by atoms with Crippen LogP contribution in [-0.4, -0.2) is 57.0 Å². The number of methoxy groups -OCH3 is 1. The first kappa shape index (κ1) is 23.4. The van der Waals surface area contributed by atoms with Crippen molar-refractivity contribution >= 4 is 33.6 Å². The van der Waals surface area contributed by atoms with Gasteiger partial charge in [0.25, 0.3) is 0 Å². The van der Waals surface area contributed by atoms with Crippen molar-refractivity contribution in [3.05, 3.63) is 53.9 Å². The van der Waals surface area contributed by atoms with Gasteiger partial charge in [0.05, 0.1) is 29.9 Å². The first-order chi connectivity index (χ1) is 16.1. The number of imidazole rings is 1. The van der Waals surface area contributed by atoms with Crippen molar-refractivity contribution in [3.8, 4) is 0 Å². The summed E-state index contributed by atoms with van der Waals surface area (Å²) in [6, 6.07) is 2.79. The van der Waals surface area contributed by atoms with Gasteiger partial charge in [-0.2, -0.15) is 4.37 Å². The Morgan fingerprint density at radius 2 is 2.24 bits per heavy atom. The van der Waals surface area contributed by atoms with Gasteiger partial charge in [0, 0.05) is 51.3 Å². The van der Waals surface area contributed by atoms with E-state index in [-0.39, 0.29) is 0 Å². The molecule has 176 valence electrons. The summed E-state index contributed by atoms with van der Waals surface area (Å²) in [4.78, 5) is 11.9. The largest absolute Gasteiger partial charge is 0.393 e. The van der Waals surface area contributed by atoms with Crippen LogP contribution in [0.4, 0.5) is 10.8 Å². The van der Waals surface area contributed by atoms with E-state index in [4.69, 9.17) is 9.72 Å². The zero-order valence-corrected chi connectivity index (χ0v) is 20.7. The second kappa shape index (κ2) is 10.9. The number of ether oxygens (including phenoxy) is 1. The molecule has 0 aliphatic heterocycles. The molecule has 0 bridgehead atoms. The highest BCUT2D eigenvalue weighted by molar-refractivity contribution is 7.10. The Balaban J connectivity index is 1.56. The standard InChI is InChI=1S/C24H33N7OS/c1-5-6-7-18(13-25-3)21-14-26-24-23(27-17(2)15-31(21)24)28-22-12-19(29-33-22)16-30(10-11-32-4)20-8-9-20/h6-7,12-15,20,25H,5,8-11,16H2,1-4H3,(H,27,28)/b7-6+,18-13+. The van der Waals surface area contributed by atoms with Crippen LogP contribution in [0.5, 0.6) is 0 Å². The molecule has 0 unspecified atom stereocenters. The van der Waals surface area contributed by atoms with Crippen LogP contribution in [0.25, 0.3) is 11.2 Å². The van der Waals surface area contributed by atoms with Gasteiger partial charge >= 0.3 is 0 Å². The Hall–Kier alpha value is -2.75. The second-order valence-electron chi connectivity index (χ2n) is 8.27. The number of hydrogen-bond donors (Lipinski definition) is 2. The van der Waals surface area contributed by atoms with Crippen LogP contribution in [-0.2, 0) is 11.3 Å². The highest BCUT2D eigenvalue weighted by Gasteiger charge is 2.29. The van der Waals surface area contributed by atoms with Crippen molar-refractivity contribution in [2.75, 3.05) is 32.6 Å². The third-order valence-electron chi connectivity index (χ3n) is 5.55. The topological polar surface area (TPSA) is 79.6 Å². The number of nitrogens with zero attached hydrogens (tertiary/aromatic N) is 5. The molecule has 0 aromatic carbocycles. The molecule has 1 aliphatic carbocycles. The summed E-state index contributed by atoms with van der Waals surface area (Å²) in [5.41, 5.74) is 4.86. The zero-order valence-electron chi connectivity index (χ0n) is 19.8. The van der Waals surface area contributed by atoms with Gasteiger partial charge in [0.1, 0.15) is 5.00 Å². The lowest BCUT2D eigenvalue weighted by atomic mass is 10.2. The number of aryl methyl sites for hydroxylation is 1. The predicted octanol–water partition coefficient (Wildman–Crippen LogP) is 4.38. The molecular formula is C24H33N7OS. The van der Waals surface area contributed by atoms with E-state index in [2.05, 4.69) is 54.4 Å². The van der Waals surface area contributed by atoms with Crippen LogP contribution in [0.1, 0.15) is 43.3 Å². The SMILES string of the molecule is CC/C=C/C(=C\NC)c1cnc2c(Nc3cc(CN(CCOC)C4CC4)ns3)nc(C)cn12. The Kier molecular flexibility index (Phi) is 7.74. The average molecular weight is 468 g/mol. The number of nitrogens with one attached hydrogen (secondary N) is 2. The monoisotopic (exact) mass is 467 g/mol. The smallest absolute Gasteiger partial charge is 0.180 e. The maximum absolute atomic E-state index is 5.28. The zero-order chi connectivity index (χ0) is 23.2. The summed E-state index contributed by atoms with van der Waals surface area (Å²) in [5.74, 6) is 0.734. The quantitative estimate of drug-likeness (QED) is 0.383. The van der Waals surface area contributed by atoms with Crippen LogP contribution in [0, 0.1) is 6.92 Å². The molecule has 2 N–H and O–H groups in total. The van der Waals surface area contributed by atoms with Crippen molar-refractivity contribution in [1.29, 1.82) is 0 Å². The van der Waals surface area contributed by atoms with Crippen LogP contribution in [0.15, 0.2) is 36.8 Å². The van der Waals surface area contributed by atoms with E-state index in [9.17, 15) is 0 Å². The van der Waals surface area contributed by atoms with Crippen LogP contribution in [0.3, 0.4) is 0 Å². The number of fused-ring (bicyclic) bond motifs is 1. The van der Waals surface area contributed by atoms with E-state index in [0.717, 1.165) is 65.2 Å². The third-order valence-corrected chi connectivity index (χ3v) is 6.30. The molecule has 4 rings (SSSR count). The molecule has 3 heterocycles. The van der Waals surface area contributed by atoms with Crippen molar-refractivity contribution < 1.29 is 4.74 Å². The summed E-state index contributed by atoms with van der Waals surface area (Å²) in [5, 5.41) is 7.57. The molecule has 1 aliphatic rings. The lowest BCUT2D eigenvalue weighted by molar-refractivity contribution is 0.139. The van der Waals surface area contributed by atoms with Gasteiger partial charge in [-0.15, -0.1) is 0 Å². The third kappa shape index (κ3) is 5.79. The molecule has 0 radical (unpaired) electrons. The van der Waals surface area contributed by atoms with Gasteiger partial charge in [-0.05, 0) is 43.8 Å². The normalized spacial score (nSPS) is 14.6. The first-order valence-corrected chi connectivity index (χ1v) is 12.2. The fourth-order valence-electron chi connectivity index (χ4n) is 3.82. The summed E-state index contributed by atoms with van der Waals surface area (Å²) < 4.78 is 12.1. The molecule has 33 heavy (non-hydrogen) atoms. The van der Waals surface area contributed by atoms with E-state index in [1.54, 1.807) is 7.11 Å². The molecule has 1 fully saturated rings. The Morgan fingerprint density at radius 1 is 1.39 bits per heavy atom. The summed E-state index contributed by atoms with van der Waals surface area (Å²) in [6.07, 6.45) is 13.7. The van der Waals surface area contributed by atoms with E-state index in [0.29, 0.717) is 6.04 Å². The molecule has 1 saturated carbocycles. The van der Waals surface area contributed by atoms with Crippen LogP contribution >= 0.6 is 11.5 Å². The number of aromatic nitrogens is 4. The highest BCUT2D eigenvalue weighted by atomic mass is 32.1. The van der Waals surface area contributed by atoms with Gasteiger partial charge in [-0.25, -0.2) is 9.97 Å². The summed E-state index contributed by atoms with van der Waals surface area (Å²) >= 11 is 1.46. The highest BCUT2D eigenvalue weighted by Crippen LogP contribution is 2.30. The van der Waals surface area contributed by atoms with Gasteiger partial charge in [0.2, 0.25) is 0 Å². The maximum Gasteiger partial charge on any atom is 0.180 e. The number of hydrogen-bond acceptors (Lipinski definition) is 8. The lowest BCUT2D eigenvalue weighted by Crippen LogP contribution is -2.29. The van der Waals surface area contributed by atoms with E-state index in [1.165, 1.54) is 24.4 Å². The van der Waals surface area contributed by atoms with Crippen molar-refractivity contribution in [1.82, 2.24) is 29.0 Å². The van der Waals surface area contributed by atoms with Gasteiger partial charge < -0.3 is 15.4 Å². The Morgan fingerprint density at radius 3 is 2.97 bits per heavy atom. The second-order valence-corrected chi connectivity index (χ2v) is 9.07. The fraction of sp³-hybridized carbons (Fsp3) is 0.458. The average Bonchev–Trinajstić information content (AvgIpc) is 3.42. The number of allylic oxidation sites excluding steroid dienone is 3. The fourth-order valence-corrected chi connectivity index (χ4v) is 4.48. The number of rotatable bonds is 12. The van der Waals surface area contributed by atoms with Crippen molar-refractivity contribution in [3.63, 3.8) is 0 Å². The molecule has 0 atom stereocenters. The predicted molar refractivity (Wildman–Crippen MR) is 135 cm³/mol. The van der Waals surface area contributed by atoms with Crippen LogP contribution in [0.2, 0.25) is 0 Å².